The number of carbonyl (C=O) groups is 4. The zero-order chi connectivity index (χ0) is 37.1. The van der Waals surface area contributed by atoms with Crippen molar-refractivity contribution in [3.8, 4) is 0 Å². The molecule has 0 aliphatic carbocycles. The second-order valence-corrected chi connectivity index (χ2v) is 14.0. The average molecular weight is 731 g/mol. The van der Waals surface area contributed by atoms with Gasteiger partial charge in [-0.25, -0.2) is 0 Å². The molecule has 4 bridgehead atoms. The van der Waals surface area contributed by atoms with E-state index < -0.39 is 47.8 Å². The Hall–Kier alpha value is -5.40. The van der Waals surface area contributed by atoms with Gasteiger partial charge in [0, 0.05) is 37.3 Å². The SMILES string of the molecule is O=C(NCCCCNC(=O)C1OC2(c3ccccc3)CN(Cc3ccccc3)C(=O)C1O2)C1OC2(c3ccccc3)CN(Cc3ccccc3)C(=O)C1O2. The number of ether oxygens (including phenoxy) is 4. The predicted octanol–water partition coefficient (Wildman–Crippen LogP) is 3.36. The Balaban J connectivity index is 0.857. The first-order valence-corrected chi connectivity index (χ1v) is 18.4. The van der Waals surface area contributed by atoms with Crippen molar-refractivity contribution >= 4 is 23.6 Å². The number of nitrogens with one attached hydrogen (secondary N) is 2. The molecule has 54 heavy (non-hydrogen) atoms. The van der Waals surface area contributed by atoms with Crippen LogP contribution in [0.4, 0.5) is 0 Å². The molecule has 0 radical (unpaired) electrons. The van der Waals surface area contributed by atoms with Crippen molar-refractivity contribution in [2.75, 3.05) is 26.2 Å². The van der Waals surface area contributed by atoms with Crippen molar-refractivity contribution in [3.63, 3.8) is 0 Å². The summed E-state index contributed by atoms with van der Waals surface area (Å²) in [6.45, 7) is 1.59. The maximum atomic E-state index is 13.6. The lowest BCUT2D eigenvalue weighted by atomic mass is 10.0. The summed E-state index contributed by atoms with van der Waals surface area (Å²) in [5, 5.41) is 5.79. The molecule has 4 saturated heterocycles. The normalized spacial score (nSPS) is 27.2. The number of carbonyl (C=O) groups excluding carboxylic acids is 4. The Labute approximate surface area is 313 Å². The summed E-state index contributed by atoms with van der Waals surface area (Å²) < 4.78 is 25.2. The topological polar surface area (TPSA) is 136 Å². The van der Waals surface area contributed by atoms with Crippen LogP contribution in [-0.2, 0) is 62.8 Å². The van der Waals surface area contributed by atoms with Crippen LogP contribution < -0.4 is 10.6 Å². The third-order valence-corrected chi connectivity index (χ3v) is 10.3. The van der Waals surface area contributed by atoms with E-state index in [-0.39, 0.29) is 38.0 Å². The number of unbranched alkanes of at least 4 members (excludes halogenated alkanes) is 1. The van der Waals surface area contributed by atoms with Gasteiger partial charge in [0.2, 0.25) is 11.6 Å². The monoisotopic (exact) mass is 730 g/mol. The number of morpholine rings is 2. The first-order valence-electron chi connectivity index (χ1n) is 18.4. The van der Waals surface area contributed by atoms with E-state index in [0.717, 1.165) is 22.3 Å². The van der Waals surface area contributed by atoms with E-state index in [1.54, 1.807) is 9.80 Å². The molecule has 0 spiro atoms. The van der Waals surface area contributed by atoms with Gasteiger partial charge in [-0.05, 0) is 24.0 Å². The minimum atomic E-state index is -1.27. The maximum absolute atomic E-state index is 13.6. The molecular weight excluding hydrogens is 688 g/mol. The summed E-state index contributed by atoms with van der Waals surface area (Å²) in [5.74, 6) is -4.03. The Morgan fingerprint density at radius 3 is 1.26 bits per heavy atom. The summed E-state index contributed by atoms with van der Waals surface area (Å²) in [4.78, 5) is 57.6. The van der Waals surface area contributed by atoms with Gasteiger partial charge in [0.1, 0.15) is 0 Å². The van der Waals surface area contributed by atoms with Crippen molar-refractivity contribution in [1.29, 1.82) is 0 Å². The number of nitrogens with zero attached hydrogens (tertiary/aromatic N) is 2. The molecule has 6 atom stereocenters. The Kier molecular flexibility index (Phi) is 9.99. The van der Waals surface area contributed by atoms with Gasteiger partial charge in [-0.2, -0.15) is 0 Å². The molecule has 4 amide bonds. The molecule has 4 heterocycles. The van der Waals surface area contributed by atoms with Gasteiger partial charge in [-0.1, -0.05) is 121 Å². The minimum Gasteiger partial charge on any atom is -0.354 e. The fourth-order valence-electron chi connectivity index (χ4n) is 7.62. The third kappa shape index (κ3) is 7.01. The number of hydrogen-bond donors (Lipinski definition) is 2. The van der Waals surface area contributed by atoms with Crippen molar-refractivity contribution in [3.05, 3.63) is 144 Å². The number of rotatable bonds is 13. The quantitative estimate of drug-likeness (QED) is 0.200. The lowest BCUT2D eigenvalue weighted by Gasteiger charge is -2.38. The number of amides is 4. The second-order valence-electron chi connectivity index (χ2n) is 14.0. The van der Waals surface area contributed by atoms with Crippen LogP contribution in [0.2, 0.25) is 0 Å². The van der Waals surface area contributed by atoms with Crippen LogP contribution in [0.25, 0.3) is 0 Å². The van der Waals surface area contributed by atoms with Crippen molar-refractivity contribution in [2.45, 2.75) is 61.9 Å². The Morgan fingerprint density at radius 2 is 0.889 bits per heavy atom. The first-order chi connectivity index (χ1) is 26.3. The molecule has 4 fully saturated rings. The molecular formula is C42H42N4O8. The van der Waals surface area contributed by atoms with E-state index in [1.807, 2.05) is 121 Å². The molecule has 4 aromatic carbocycles. The van der Waals surface area contributed by atoms with Gasteiger partial charge in [-0.15, -0.1) is 0 Å². The standard InChI is InChI=1S/C42H42N4O8/c47-37(33-35-39(49)45(25-29-15-5-1-6-16-29)27-41(51-33,53-35)31-19-9-3-10-20-31)43-23-13-14-24-44-38(48)34-36-40(50)46(26-30-17-7-2-8-18-30)28-42(52-34,54-36)32-21-11-4-12-22-32/h1-12,15-22,33-36H,13-14,23-28H2,(H,43,47)(H,44,48). The summed E-state index contributed by atoms with van der Waals surface area (Å²) >= 11 is 0. The number of fused-ring (bicyclic) bond motifs is 4. The van der Waals surface area contributed by atoms with Crippen LogP contribution in [0.5, 0.6) is 0 Å². The highest BCUT2D eigenvalue weighted by molar-refractivity contribution is 5.93. The molecule has 8 rings (SSSR count). The lowest BCUT2D eigenvalue weighted by molar-refractivity contribution is -0.218. The van der Waals surface area contributed by atoms with Crippen LogP contribution in [0.3, 0.4) is 0 Å². The molecule has 0 saturated carbocycles. The second kappa shape index (κ2) is 15.2. The fraction of sp³-hybridized carbons (Fsp3) is 0.333. The zero-order valence-corrected chi connectivity index (χ0v) is 29.7. The van der Waals surface area contributed by atoms with E-state index >= 15 is 0 Å². The summed E-state index contributed by atoms with van der Waals surface area (Å²) in [5.41, 5.74) is 3.39. The van der Waals surface area contributed by atoms with Crippen molar-refractivity contribution < 1.29 is 38.1 Å². The van der Waals surface area contributed by atoms with Crippen LogP contribution in [-0.4, -0.2) is 84.0 Å². The van der Waals surface area contributed by atoms with Crippen LogP contribution in [0.15, 0.2) is 121 Å². The zero-order valence-electron chi connectivity index (χ0n) is 29.7. The number of hydrogen-bond acceptors (Lipinski definition) is 8. The molecule has 12 nitrogen and oxygen atoms in total. The highest BCUT2D eigenvalue weighted by Gasteiger charge is 2.61. The minimum absolute atomic E-state index is 0.143. The van der Waals surface area contributed by atoms with E-state index in [0.29, 0.717) is 25.9 Å². The smallest absolute Gasteiger partial charge is 0.255 e. The van der Waals surface area contributed by atoms with E-state index in [1.165, 1.54) is 0 Å². The van der Waals surface area contributed by atoms with Gasteiger partial charge in [-0.3, -0.25) is 19.2 Å². The van der Waals surface area contributed by atoms with Gasteiger partial charge >= 0.3 is 0 Å². The Bertz CT molecular complexity index is 1830. The molecule has 6 unspecified atom stereocenters. The maximum Gasteiger partial charge on any atom is 0.255 e. The molecule has 4 aliphatic heterocycles. The van der Waals surface area contributed by atoms with E-state index in [4.69, 9.17) is 18.9 Å². The predicted molar refractivity (Wildman–Crippen MR) is 195 cm³/mol. The van der Waals surface area contributed by atoms with Crippen LogP contribution >= 0.6 is 0 Å². The lowest BCUT2D eigenvalue weighted by Crippen LogP contribution is -2.54. The van der Waals surface area contributed by atoms with Gasteiger partial charge in [0.05, 0.1) is 13.1 Å². The average Bonchev–Trinajstić information content (AvgIpc) is 3.74. The van der Waals surface area contributed by atoms with Crippen molar-refractivity contribution in [1.82, 2.24) is 20.4 Å². The summed E-state index contributed by atoms with van der Waals surface area (Å²) in [7, 11) is 0. The molecule has 4 aromatic rings. The molecule has 0 aromatic heterocycles. The molecule has 4 aliphatic rings. The molecule has 12 heteroatoms. The van der Waals surface area contributed by atoms with Crippen molar-refractivity contribution in [2.24, 2.45) is 0 Å². The largest absolute Gasteiger partial charge is 0.354 e. The van der Waals surface area contributed by atoms with Crippen LogP contribution in [0, 0.1) is 0 Å². The highest BCUT2D eigenvalue weighted by Crippen LogP contribution is 2.44. The van der Waals surface area contributed by atoms with E-state index in [2.05, 4.69) is 10.6 Å². The van der Waals surface area contributed by atoms with Crippen LogP contribution in [0.1, 0.15) is 35.1 Å². The summed E-state index contributed by atoms with van der Waals surface area (Å²) in [6, 6.07) is 38.1. The fourth-order valence-corrected chi connectivity index (χ4v) is 7.62. The van der Waals surface area contributed by atoms with Gasteiger partial charge < -0.3 is 39.4 Å². The number of benzene rings is 4. The molecule has 2 N–H and O–H groups in total. The highest BCUT2D eigenvalue weighted by atomic mass is 16.8. The van der Waals surface area contributed by atoms with Gasteiger partial charge in [0.15, 0.2) is 24.4 Å². The van der Waals surface area contributed by atoms with E-state index in [9.17, 15) is 19.2 Å². The Morgan fingerprint density at radius 1 is 0.537 bits per heavy atom. The summed E-state index contributed by atoms with van der Waals surface area (Å²) in [6.07, 6.45) is -3.39. The molecule has 278 valence electrons. The first kappa shape index (κ1) is 35.6. The van der Waals surface area contributed by atoms with Gasteiger partial charge in [0.25, 0.3) is 23.6 Å². The third-order valence-electron chi connectivity index (χ3n) is 10.3.